The van der Waals surface area contributed by atoms with E-state index in [2.05, 4.69) is 17.4 Å². The van der Waals surface area contributed by atoms with E-state index in [4.69, 9.17) is 18.9 Å². The third kappa shape index (κ3) is 6.29. The summed E-state index contributed by atoms with van der Waals surface area (Å²) in [5, 5.41) is 11.8. The van der Waals surface area contributed by atoms with E-state index in [9.17, 15) is 14.7 Å². The van der Waals surface area contributed by atoms with Crippen molar-refractivity contribution in [3.8, 4) is 11.1 Å². The van der Waals surface area contributed by atoms with Gasteiger partial charge in [0.05, 0.1) is 26.4 Å². The number of rotatable bonds is 13. The predicted octanol–water partition coefficient (Wildman–Crippen LogP) is 3.05. The number of ether oxygens (including phenoxy) is 4. The minimum absolute atomic E-state index is 0.0853. The molecule has 8 heteroatoms. The topological polar surface area (TPSA) is 103 Å². The number of carbonyl (C=O) groups excluding carboxylic acids is 1. The molecule has 1 unspecified atom stereocenters. The Balaban J connectivity index is 1.45. The van der Waals surface area contributed by atoms with E-state index in [-0.39, 0.29) is 25.6 Å². The van der Waals surface area contributed by atoms with Gasteiger partial charge >= 0.3 is 12.1 Å². The number of benzene rings is 2. The molecular formula is C24H29NO7. The van der Waals surface area contributed by atoms with Gasteiger partial charge in [0.1, 0.15) is 12.6 Å². The predicted molar refractivity (Wildman–Crippen MR) is 118 cm³/mol. The highest BCUT2D eigenvalue weighted by atomic mass is 16.6. The maximum absolute atomic E-state index is 12.3. The fraction of sp³-hybridized carbons (Fsp3) is 0.417. The third-order valence-electron chi connectivity index (χ3n) is 5.29. The molecule has 0 aromatic heterocycles. The molecule has 2 aromatic carbocycles. The summed E-state index contributed by atoms with van der Waals surface area (Å²) in [4.78, 5) is 23.8. The molecule has 0 aliphatic heterocycles. The van der Waals surface area contributed by atoms with Crippen molar-refractivity contribution in [2.24, 2.45) is 0 Å². The average Bonchev–Trinajstić information content (AvgIpc) is 3.12. The first kappa shape index (κ1) is 23.7. The minimum atomic E-state index is -1.14. The van der Waals surface area contributed by atoms with Gasteiger partial charge in [-0.1, -0.05) is 48.5 Å². The van der Waals surface area contributed by atoms with E-state index < -0.39 is 18.1 Å². The molecule has 0 radical (unpaired) electrons. The fourth-order valence-corrected chi connectivity index (χ4v) is 3.71. The zero-order chi connectivity index (χ0) is 22.8. The first-order chi connectivity index (χ1) is 15.6. The number of hydrogen-bond donors (Lipinski definition) is 2. The standard InChI is InChI=1S/C24H29NO7/c1-29-12-13-31-15-14-30-11-10-22(23(26)27)25-24(28)32-16-21-19-8-4-2-6-17(19)18-7-3-5-9-20(18)21/h2-9,21-22H,10-16H2,1H3,(H,25,28)(H,26,27). The van der Waals surface area contributed by atoms with Gasteiger partial charge in [-0.2, -0.15) is 0 Å². The molecule has 172 valence electrons. The number of carboxylic acids is 1. The summed E-state index contributed by atoms with van der Waals surface area (Å²) in [7, 11) is 1.59. The molecule has 8 nitrogen and oxygen atoms in total. The van der Waals surface area contributed by atoms with Crippen molar-refractivity contribution < 1.29 is 33.6 Å². The average molecular weight is 443 g/mol. The summed E-state index contributed by atoms with van der Waals surface area (Å²) in [6, 6.07) is 14.9. The molecule has 3 rings (SSSR count). The number of nitrogens with one attached hydrogen (secondary N) is 1. The highest BCUT2D eigenvalue weighted by Crippen LogP contribution is 2.44. The van der Waals surface area contributed by atoms with E-state index in [1.807, 2.05) is 36.4 Å². The van der Waals surface area contributed by atoms with Crippen molar-refractivity contribution in [3.63, 3.8) is 0 Å². The lowest BCUT2D eigenvalue weighted by Gasteiger charge is -2.17. The minimum Gasteiger partial charge on any atom is -0.480 e. The Kier molecular flexibility index (Phi) is 9.03. The summed E-state index contributed by atoms with van der Waals surface area (Å²) in [6.07, 6.45) is -0.639. The Morgan fingerprint density at radius 3 is 2.06 bits per heavy atom. The number of carbonyl (C=O) groups is 2. The summed E-state index contributed by atoms with van der Waals surface area (Å²) in [5.74, 6) is -1.23. The van der Waals surface area contributed by atoms with Crippen LogP contribution in [0.3, 0.4) is 0 Å². The molecule has 2 N–H and O–H groups in total. The molecular weight excluding hydrogens is 414 g/mol. The quantitative estimate of drug-likeness (QED) is 0.459. The number of aliphatic carboxylic acids is 1. The van der Waals surface area contributed by atoms with Crippen LogP contribution in [0.2, 0.25) is 0 Å². The lowest BCUT2D eigenvalue weighted by atomic mass is 9.98. The fourth-order valence-electron chi connectivity index (χ4n) is 3.71. The lowest BCUT2D eigenvalue weighted by molar-refractivity contribution is -0.139. The summed E-state index contributed by atoms with van der Waals surface area (Å²) in [5.41, 5.74) is 4.45. The number of amides is 1. The molecule has 0 bridgehead atoms. The second kappa shape index (κ2) is 12.2. The maximum atomic E-state index is 12.3. The van der Waals surface area contributed by atoms with Crippen LogP contribution in [0.1, 0.15) is 23.5 Å². The van der Waals surface area contributed by atoms with Gasteiger partial charge in [-0.05, 0) is 22.3 Å². The second-order valence-corrected chi connectivity index (χ2v) is 7.37. The van der Waals surface area contributed by atoms with Gasteiger partial charge in [-0.3, -0.25) is 0 Å². The van der Waals surface area contributed by atoms with Crippen LogP contribution in [-0.4, -0.2) is 70.0 Å². The number of hydrogen-bond acceptors (Lipinski definition) is 6. The lowest BCUT2D eigenvalue weighted by Crippen LogP contribution is -2.42. The Hall–Kier alpha value is -2.94. The second-order valence-electron chi connectivity index (χ2n) is 7.37. The van der Waals surface area contributed by atoms with Gasteiger partial charge in [0.25, 0.3) is 0 Å². The highest BCUT2D eigenvalue weighted by molar-refractivity contribution is 5.81. The number of carboxylic acid groups (broad SMARTS) is 1. The number of methoxy groups -OCH3 is 1. The van der Waals surface area contributed by atoms with Crippen molar-refractivity contribution >= 4 is 12.1 Å². The van der Waals surface area contributed by atoms with E-state index in [1.54, 1.807) is 7.11 Å². The van der Waals surface area contributed by atoms with Crippen LogP contribution >= 0.6 is 0 Å². The number of fused-ring (bicyclic) bond motifs is 3. The van der Waals surface area contributed by atoms with Gasteiger partial charge in [-0.25, -0.2) is 9.59 Å². The van der Waals surface area contributed by atoms with Crippen LogP contribution in [0.5, 0.6) is 0 Å². The molecule has 2 aromatic rings. The molecule has 1 amide bonds. The molecule has 0 saturated heterocycles. The van der Waals surface area contributed by atoms with E-state index in [0.29, 0.717) is 26.4 Å². The zero-order valence-electron chi connectivity index (χ0n) is 18.1. The summed E-state index contributed by atoms with van der Waals surface area (Å²) in [6.45, 7) is 2.00. The van der Waals surface area contributed by atoms with Crippen molar-refractivity contribution in [2.45, 2.75) is 18.4 Å². The largest absolute Gasteiger partial charge is 0.480 e. The molecule has 32 heavy (non-hydrogen) atoms. The Bertz CT molecular complexity index is 856. The van der Waals surface area contributed by atoms with Crippen LogP contribution in [-0.2, 0) is 23.7 Å². The molecule has 0 saturated carbocycles. The Labute approximate surface area is 187 Å². The van der Waals surface area contributed by atoms with Crippen LogP contribution < -0.4 is 5.32 Å². The first-order valence-corrected chi connectivity index (χ1v) is 10.6. The molecule has 1 atom stereocenters. The van der Waals surface area contributed by atoms with Gasteiger partial charge in [-0.15, -0.1) is 0 Å². The van der Waals surface area contributed by atoms with Crippen molar-refractivity contribution in [3.05, 3.63) is 59.7 Å². The first-order valence-electron chi connectivity index (χ1n) is 10.6. The van der Waals surface area contributed by atoms with Crippen molar-refractivity contribution in [1.29, 1.82) is 0 Å². The molecule has 1 aliphatic carbocycles. The van der Waals surface area contributed by atoms with Gasteiger partial charge in [0, 0.05) is 26.1 Å². The van der Waals surface area contributed by atoms with E-state index >= 15 is 0 Å². The van der Waals surface area contributed by atoms with Crippen LogP contribution in [0.4, 0.5) is 4.79 Å². The van der Waals surface area contributed by atoms with Gasteiger partial charge in [0.2, 0.25) is 0 Å². The van der Waals surface area contributed by atoms with Gasteiger partial charge in [0.15, 0.2) is 0 Å². The molecule has 0 heterocycles. The third-order valence-corrected chi connectivity index (χ3v) is 5.29. The van der Waals surface area contributed by atoms with Crippen molar-refractivity contribution in [2.75, 3.05) is 46.8 Å². The Morgan fingerprint density at radius 1 is 0.906 bits per heavy atom. The Morgan fingerprint density at radius 2 is 1.47 bits per heavy atom. The van der Waals surface area contributed by atoms with Crippen LogP contribution in [0, 0.1) is 0 Å². The van der Waals surface area contributed by atoms with Crippen LogP contribution in [0.25, 0.3) is 11.1 Å². The normalized spacial score (nSPS) is 13.3. The summed E-state index contributed by atoms with van der Waals surface area (Å²) >= 11 is 0. The summed E-state index contributed by atoms with van der Waals surface area (Å²) < 4.78 is 20.9. The molecule has 0 spiro atoms. The van der Waals surface area contributed by atoms with E-state index in [1.165, 1.54) is 0 Å². The smallest absolute Gasteiger partial charge is 0.407 e. The van der Waals surface area contributed by atoms with Crippen LogP contribution in [0.15, 0.2) is 48.5 Å². The monoisotopic (exact) mass is 443 g/mol. The van der Waals surface area contributed by atoms with E-state index in [0.717, 1.165) is 22.3 Å². The molecule has 1 aliphatic rings. The SMILES string of the molecule is COCCOCCOCCC(NC(=O)OCC1c2ccccc2-c2ccccc21)C(=O)O. The maximum Gasteiger partial charge on any atom is 0.407 e. The zero-order valence-corrected chi connectivity index (χ0v) is 18.1. The highest BCUT2D eigenvalue weighted by Gasteiger charge is 2.29. The van der Waals surface area contributed by atoms with Gasteiger partial charge < -0.3 is 29.4 Å². The molecule has 0 fully saturated rings. The van der Waals surface area contributed by atoms with Crippen molar-refractivity contribution in [1.82, 2.24) is 5.32 Å². The number of alkyl carbamates (subject to hydrolysis) is 1.